The fourth-order valence-electron chi connectivity index (χ4n) is 4.79. The van der Waals surface area contributed by atoms with Crippen molar-refractivity contribution in [3.63, 3.8) is 0 Å². The molecule has 0 spiro atoms. The van der Waals surface area contributed by atoms with E-state index >= 15 is 0 Å². The van der Waals surface area contributed by atoms with Crippen molar-refractivity contribution in [3.05, 3.63) is 48.0 Å². The SMILES string of the molecule is CCN1CCN(c2ccc(NC(=O)[C@@H]3CC(=O)N(CCc4ccc(OC)c(OC)c4)C3)cc2)CC1. The minimum atomic E-state index is -0.338. The Labute approximate surface area is 207 Å². The van der Waals surface area contributed by atoms with Crippen LogP contribution in [-0.4, -0.2) is 81.6 Å². The summed E-state index contributed by atoms with van der Waals surface area (Å²) < 4.78 is 10.6. The van der Waals surface area contributed by atoms with Gasteiger partial charge in [-0.3, -0.25) is 9.59 Å². The zero-order valence-corrected chi connectivity index (χ0v) is 21.0. The molecule has 0 aliphatic carbocycles. The number of likely N-dealkylation sites (tertiary alicyclic amines) is 1. The van der Waals surface area contributed by atoms with E-state index in [2.05, 4.69) is 34.2 Å². The number of carbonyl (C=O) groups excluding carboxylic acids is 2. The highest BCUT2D eigenvalue weighted by atomic mass is 16.5. The van der Waals surface area contributed by atoms with Gasteiger partial charge in [0, 0.05) is 57.1 Å². The largest absolute Gasteiger partial charge is 0.493 e. The first-order chi connectivity index (χ1) is 17.0. The molecule has 4 rings (SSSR count). The lowest BCUT2D eigenvalue weighted by atomic mass is 10.1. The molecule has 2 heterocycles. The van der Waals surface area contributed by atoms with Crippen molar-refractivity contribution in [2.45, 2.75) is 19.8 Å². The molecule has 8 heteroatoms. The van der Waals surface area contributed by atoms with E-state index in [1.54, 1.807) is 19.1 Å². The molecule has 35 heavy (non-hydrogen) atoms. The number of hydrogen-bond acceptors (Lipinski definition) is 6. The summed E-state index contributed by atoms with van der Waals surface area (Å²) in [7, 11) is 3.21. The van der Waals surface area contributed by atoms with Gasteiger partial charge in [-0.15, -0.1) is 0 Å². The highest BCUT2D eigenvalue weighted by molar-refractivity contribution is 5.97. The summed E-state index contributed by atoms with van der Waals surface area (Å²) in [5.41, 5.74) is 3.00. The molecule has 2 aliphatic heterocycles. The maximum Gasteiger partial charge on any atom is 0.229 e. The van der Waals surface area contributed by atoms with Crippen LogP contribution in [0.15, 0.2) is 42.5 Å². The van der Waals surface area contributed by atoms with Crippen LogP contribution in [0.5, 0.6) is 11.5 Å². The molecule has 188 valence electrons. The predicted octanol–water partition coefficient (Wildman–Crippen LogP) is 2.88. The van der Waals surface area contributed by atoms with Gasteiger partial charge in [0.15, 0.2) is 11.5 Å². The second-order valence-corrected chi connectivity index (χ2v) is 9.14. The average molecular weight is 481 g/mol. The van der Waals surface area contributed by atoms with Gasteiger partial charge in [-0.2, -0.15) is 0 Å². The first kappa shape index (κ1) is 24.9. The van der Waals surface area contributed by atoms with Gasteiger partial charge < -0.3 is 29.5 Å². The minimum Gasteiger partial charge on any atom is -0.493 e. The zero-order valence-electron chi connectivity index (χ0n) is 21.0. The van der Waals surface area contributed by atoms with Crippen molar-refractivity contribution in [2.24, 2.45) is 5.92 Å². The number of carbonyl (C=O) groups is 2. The Morgan fingerprint density at radius 2 is 1.71 bits per heavy atom. The number of benzene rings is 2. The maximum atomic E-state index is 12.9. The molecular weight excluding hydrogens is 444 g/mol. The Kier molecular flexibility index (Phi) is 8.13. The molecule has 0 unspecified atom stereocenters. The lowest BCUT2D eigenvalue weighted by Crippen LogP contribution is -2.46. The van der Waals surface area contributed by atoms with Gasteiger partial charge in [0.1, 0.15) is 0 Å². The van der Waals surface area contributed by atoms with E-state index in [0.29, 0.717) is 31.0 Å². The van der Waals surface area contributed by atoms with Gasteiger partial charge in [-0.25, -0.2) is 0 Å². The molecule has 2 saturated heterocycles. The fraction of sp³-hybridized carbons (Fsp3) is 0.481. The summed E-state index contributed by atoms with van der Waals surface area (Å²) in [5, 5.41) is 3.00. The number of likely N-dealkylation sites (N-methyl/N-ethyl adjacent to an activating group) is 1. The molecule has 2 aromatic rings. The van der Waals surface area contributed by atoms with Crippen molar-refractivity contribution in [2.75, 3.05) is 70.2 Å². The predicted molar refractivity (Wildman–Crippen MR) is 137 cm³/mol. The molecule has 2 aliphatic rings. The van der Waals surface area contributed by atoms with E-state index < -0.39 is 0 Å². The molecule has 2 fully saturated rings. The summed E-state index contributed by atoms with van der Waals surface area (Å²) >= 11 is 0. The average Bonchev–Trinajstić information content (AvgIpc) is 3.28. The van der Waals surface area contributed by atoms with Gasteiger partial charge >= 0.3 is 0 Å². The summed E-state index contributed by atoms with van der Waals surface area (Å²) in [6, 6.07) is 13.8. The number of amides is 2. The minimum absolute atomic E-state index is 0.0206. The molecule has 1 N–H and O–H groups in total. The van der Waals surface area contributed by atoms with E-state index in [1.165, 1.54) is 5.69 Å². The van der Waals surface area contributed by atoms with Crippen LogP contribution in [0.4, 0.5) is 11.4 Å². The number of anilines is 2. The summed E-state index contributed by atoms with van der Waals surface area (Å²) in [6.07, 6.45) is 0.936. The second-order valence-electron chi connectivity index (χ2n) is 9.14. The summed E-state index contributed by atoms with van der Waals surface area (Å²) in [6.45, 7) is 8.49. The third kappa shape index (κ3) is 6.06. The van der Waals surface area contributed by atoms with Gasteiger partial charge in [-0.1, -0.05) is 13.0 Å². The van der Waals surface area contributed by atoms with Crippen LogP contribution in [0.1, 0.15) is 18.9 Å². The molecule has 2 aromatic carbocycles. The molecule has 0 bridgehead atoms. The number of hydrogen-bond donors (Lipinski definition) is 1. The third-order valence-electron chi connectivity index (χ3n) is 7.02. The van der Waals surface area contributed by atoms with E-state index in [4.69, 9.17) is 9.47 Å². The number of nitrogens with zero attached hydrogens (tertiary/aromatic N) is 3. The van der Waals surface area contributed by atoms with Crippen LogP contribution in [0, 0.1) is 5.92 Å². The van der Waals surface area contributed by atoms with Crippen molar-refractivity contribution >= 4 is 23.2 Å². The van der Waals surface area contributed by atoms with Crippen molar-refractivity contribution in [1.29, 1.82) is 0 Å². The van der Waals surface area contributed by atoms with Crippen LogP contribution < -0.4 is 19.7 Å². The smallest absolute Gasteiger partial charge is 0.229 e. The molecule has 0 saturated carbocycles. The Morgan fingerprint density at radius 3 is 2.37 bits per heavy atom. The highest BCUT2D eigenvalue weighted by Gasteiger charge is 2.34. The van der Waals surface area contributed by atoms with Gasteiger partial charge in [0.25, 0.3) is 0 Å². The zero-order chi connectivity index (χ0) is 24.8. The lowest BCUT2D eigenvalue weighted by Gasteiger charge is -2.35. The molecule has 8 nitrogen and oxygen atoms in total. The van der Waals surface area contributed by atoms with Crippen LogP contribution in [-0.2, 0) is 16.0 Å². The highest BCUT2D eigenvalue weighted by Crippen LogP contribution is 2.28. The standard InChI is InChI=1S/C27H36N4O4/c1-4-29-13-15-30(16-14-29)23-8-6-22(7-9-23)28-27(33)21-18-26(32)31(19-21)12-11-20-5-10-24(34-2)25(17-20)35-3/h5-10,17,21H,4,11-16,18-19H2,1-3H3,(H,28,33)/t21-/m1/s1. The Hall–Kier alpha value is -3.26. The molecule has 1 atom stereocenters. The maximum absolute atomic E-state index is 12.9. The van der Waals surface area contributed by atoms with Gasteiger partial charge in [0.05, 0.1) is 20.1 Å². The molecular formula is C27H36N4O4. The van der Waals surface area contributed by atoms with E-state index in [9.17, 15) is 9.59 Å². The van der Waals surface area contributed by atoms with Crippen LogP contribution >= 0.6 is 0 Å². The van der Waals surface area contributed by atoms with Crippen LogP contribution in [0.2, 0.25) is 0 Å². The fourth-order valence-corrected chi connectivity index (χ4v) is 4.79. The third-order valence-corrected chi connectivity index (χ3v) is 7.02. The van der Waals surface area contributed by atoms with Crippen LogP contribution in [0.25, 0.3) is 0 Å². The topological polar surface area (TPSA) is 74.4 Å². The molecule has 2 amide bonds. The number of methoxy groups -OCH3 is 2. The first-order valence-corrected chi connectivity index (χ1v) is 12.4. The number of rotatable bonds is 9. The van der Waals surface area contributed by atoms with Crippen molar-refractivity contribution < 1.29 is 19.1 Å². The van der Waals surface area contributed by atoms with Crippen LogP contribution in [0.3, 0.4) is 0 Å². The quantitative estimate of drug-likeness (QED) is 0.595. The Morgan fingerprint density at radius 1 is 1.00 bits per heavy atom. The van der Waals surface area contributed by atoms with E-state index in [0.717, 1.165) is 44.0 Å². The second kappa shape index (κ2) is 11.4. The number of nitrogens with one attached hydrogen (secondary N) is 1. The summed E-state index contributed by atoms with van der Waals surface area (Å²) in [5.74, 6) is 0.930. The number of piperazine rings is 1. The van der Waals surface area contributed by atoms with Crippen molar-refractivity contribution in [3.8, 4) is 11.5 Å². The molecule has 0 aromatic heterocycles. The first-order valence-electron chi connectivity index (χ1n) is 12.4. The Balaban J connectivity index is 1.27. The van der Waals surface area contributed by atoms with Crippen molar-refractivity contribution in [1.82, 2.24) is 9.80 Å². The monoisotopic (exact) mass is 480 g/mol. The lowest BCUT2D eigenvalue weighted by molar-refractivity contribution is -0.128. The number of ether oxygens (including phenoxy) is 2. The summed E-state index contributed by atoms with van der Waals surface area (Å²) in [4.78, 5) is 32.0. The van der Waals surface area contributed by atoms with E-state index in [1.807, 2.05) is 30.3 Å². The van der Waals surface area contributed by atoms with E-state index in [-0.39, 0.29) is 24.2 Å². The van der Waals surface area contributed by atoms with Gasteiger partial charge in [-0.05, 0) is 54.9 Å². The Bertz CT molecular complexity index is 1020. The molecule has 0 radical (unpaired) electrons. The van der Waals surface area contributed by atoms with Gasteiger partial charge in [0.2, 0.25) is 11.8 Å². The normalized spacial score (nSPS) is 18.6.